The first-order chi connectivity index (χ1) is 13.6. The molecular weight excluding hydrogens is 354 g/mol. The van der Waals surface area contributed by atoms with E-state index in [4.69, 9.17) is 14.2 Å². The first-order valence-corrected chi connectivity index (χ1v) is 8.93. The molecule has 0 atom stereocenters. The van der Waals surface area contributed by atoms with Gasteiger partial charge < -0.3 is 19.5 Å². The van der Waals surface area contributed by atoms with Crippen LogP contribution >= 0.6 is 0 Å². The highest BCUT2D eigenvalue weighted by Gasteiger charge is 2.13. The molecule has 0 aromatic heterocycles. The van der Waals surface area contributed by atoms with Crippen molar-refractivity contribution in [2.45, 2.75) is 13.5 Å². The zero-order valence-electron chi connectivity index (χ0n) is 16.2. The number of rotatable bonds is 7. The topological polar surface area (TPSA) is 56.8 Å². The van der Waals surface area contributed by atoms with Crippen molar-refractivity contribution < 1.29 is 19.0 Å². The number of aryl methyl sites for hydroxylation is 1. The molecule has 0 unspecified atom stereocenters. The van der Waals surface area contributed by atoms with Gasteiger partial charge in [0.2, 0.25) is 0 Å². The predicted octanol–water partition coefficient (Wildman–Crippen LogP) is 5.19. The molecule has 3 aromatic rings. The summed E-state index contributed by atoms with van der Waals surface area (Å²) in [5, 5.41) is 3.40. The number of methoxy groups -OCH3 is 2. The summed E-state index contributed by atoms with van der Waals surface area (Å²) < 4.78 is 16.0. The molecule has 3 rings (SSSR count). The third kappa shape index (κ3) is 4.62. The number of para-hydroxylation sites is 1. The molecule has 0 heterocycles. The van der Waals surface area contributed by atoms with Gasteiger partial charge in [-0.15, -0.1) is 0 Å². The third-order valence-corrected chi connectivity index (χ3v) is 4.34. The Balaban J connectivity index is 1.75. The maximum Gasteiger partial charge on any atom is 0.341 e. The van der Waals surface area contributed by atoms with Crippen LogP contribution in [0, 0.1) is 6.92 Å². The molecule has 0 spiro atoms. The number of carbonyl (C=O) groups is 1. The van der Waals surface area contributed by atoms with Gasteiger partial charge in [-0.1, -0.05) is 30.3 Å². The number of ether oxygens (including phenoxy) is 3. The van der Waals surface area contributed by atoms with Gasteiger partial charge in [-0.05, 0) is 48.4 Å². The van der Waals surface area contributed by atoms with Gasteiger partial charge in [0.1, 0.15) is 22.8 Å². The molecule has 3 aromatic carbocycles. The van der Waals surface area contributed by atoms with Crippen LogP contribution in [0.1, 0.15) is 21.5 Å². The molecule has 28 heavy (non-hydrogen) atoms. The van der Waals surface area contributed by atoms with Crippen molar-refractivity contribution >= 4 is 11.7 Å². The maximum absolute atomic E-state index is 12.0. The molecule has 0 saturated carbocycles. The van der Waals surface area contributed by atoms with Crippen molar-refractivity contribution in [2.24, 2.45) is 0 Å². The Kier molecular flexibility index (Phi) is 6.17. The van der Waals surface area contributed by atoms with Gasteiger partial charge in [0, 0.05) is 18.3 Å². The Hall–Kier alpha value is -3.47. The van der Waals surface area contributed by atoms with Crippen molar-refractivity contribution in [2.75, 3.05) is 19.5 Å². The summed E-state index contributed by atoms with van der Waals surface area (Å²) >= 11 is 0. The van der Waals surface area contributed by atoms with Crippen LogP contribution in [-0.4, -0.2) is 20.2 Å². The van der Waals surface area contributed by atoms with Crippen molar-refractivity contribution in [3.8, 4) is 17.2 Å². The van der Waals surface area contributed by atoms with Crippen LogP contribution in [0.3, 0.4) is 0 Å². The molecule has 1 N–H and O–H groups in total. The number of hydrogen-bond acceptors (Lipinski definition) is 5. The first kappa shape index (κ1) is 19.3. The summed E-state index contributed by atoms with van der Waals surface area (Å²) in [7, 11) is 2.88. The second-order valence-corrected chi connectivity index (χ2v) is 6.27. The Bertz CT molecular complexity index is 954. The van der Waals surface area contributed by atoms with E-state index < -0.39 is 5.97 Å². The minimum Gasteiger partial charge on any atom is -0.496 e. The van der Waals surface area contributed by atoms with Gasteiger partial charge in [-0.3, -0.25) is 0 Å². The number of nitrogens with one attached hydrogen (secondary N) is 1. The predicted molar refractivity (Wildman–Crippen MR) is 109 cm³/mol. The largest absolute Gasteiger partial charge is 0.496 e. The van der Waals surface area contributed by atoms with Crippen LogP contribution in [0.2, 0.25) is 0 Å². The monoisotopic (exact) mass is 377 g/mol. The van der Waals surface area contributed by atoms with Crippen LogP contribution in [-0.2, 0) is 11.3 Å². The summed E-state index contributed by atoms with van der Waals surface area (Å²) in [6.07, 6.45) is 0. The van der Waals surface area contributed by atoms with Crippen molar-refractivity contribution in [3.63, 3.8) is 0 Å². The molecule has 0 amide bonds. The average molecular weight is 377 g/mol. The van der Waals surface area contributed by atoms with E-state index in [0.29, 0.717) is 17.9 Å². The molecular formula is C23H23NO4. The SMILES string of the molecule is COC(=O)c1cc(CNc2cc(Oc3ccccc3)ccc2C)ccc1OC. The third-order valence-electron chi connectivity index (χ3n) is 4.34. The Morgan fingerprint density at radius 3 is 2.43 bits per heavy atom. The smallest absolute Gasteiger partial charge is 0.341 e. The van der Waals surface area contributed by atoms with Crippen LogP contribution in [0.4, 0.5) is 5.69 Å². The quantitative estimate of drug-likeness (QED) is 0.574. The van der Waals surface area contributed by atoms with Gasteiger partial charge in [0.15, 0.2) is 0 Å². The highest BCUT2D eigenvalue weighted by molar-refractivity contribution is 5.92. The summed E-state index contributed by atoms with van der Waals surface area (Å²) in [5.74, 6) is 1.61. The van der Waals surface area contributed by atoms with Gasteiger partial charge in [-0.2, -0.15) is 0 Å². The minimum atomic E-state index is -0.423. The lowest BCUT2D eigenvalue weighted by Gasteiger charge is -2.14. The lowest BCUT2D eigenvalue weighted by atomic mass is 10.1. The van der Waals surface area contributed by atoms with Crippen LogP contribution in [0.5, 0.6) is 17.2 Å². The fourth-order valence-electron chi connectivity index (χ4n) is 2.81. The summed E-state index contributed by atoms with van der Waals surface area (Å²) in [6.45, 7) is 2.58. The minimum absolute atomic E-state index is 0.405. The van der Waals surface area contributed by atoms with E-state index >= 15 is 0 Å². The number of carbonyl (C=O) groups excluding carboxylic acids is 1. The van der Waals surface area contributed by atoms with Gasteiger partial charge in [0.05, 0.1) is 14.2 Å². The number of esters is 1. The van der Waals surface area contributed by atoms with Crippen LogP contribution in [0.15, 0.2) is 66.7 Å². The molecule has 5 nitrogen and oxygen atoms in total. The molecule has 144 valence electrons. The van der Waals surface area contributed by atoms with E-state index in [0.717, 1.165) is 28.3 Å². The van der Waals surface area contributed by atoms with Gasteiger partial charge in [-0.25, -0.2) is 4.79 Å². The lowest BCUT2D eigenvalue weighted by Crippen LogP contribution is -2.07. The van der Waals surface area contributed by atoms with E-state index in [1.807, 2.05) is 61.5 Å². The van der Waals surface area contributed by atoms with E-state index in [2.05, 4.69) is 5.32 Å². The fourth-order valence-corrected chi connectivity index (χ4v) is 2.81. The Morgan fingerprint density at radius 1 is 0.929 bits per heavy atom. The first-order valence-electron chi connectivity index (χ1n) is 8.93. The normalized spacial score (nSPS) is 10.2. The van der Waals surface area contributed by atoms with E-state index in [1.54, 1.807) is 12.1 Å². The van der Waals surface area contributed by atoms with Gasteiger partial charge in [0.25, 0.3) is 0 Å². The maximum atomic E-state index is 12.0. The Labute approximate surface area is 164 Å². The van der Waals surface area contributed by atoms with Crippen LogP contribution in [0.25, 0.3) is 0 Å². The second kappa shape index (κ2) is 8.95. The van der Waals surface area contributed by atoms with E-state index in [1.165, 1.54) is 14.2 Å². The molecule has 0 fully saturated rings. The molecule has 0 saturated heterocycles. The summed E-state index contributed by atoms with van der Waals surface area (Å²) in [4.78, 5) is 12.0. The van der Waals surface area contributed by atoms with E-state index in [-0.39, 0.29) is 0 Å². The lowest BCUT2D eigenvalue weighted by molar-refractivity contribution is 0.0597. The average Bonchev–Trinajstić information content (AvgIpc) is 2.74. The summed E-state index contributed by atoms with van der Waals surface area (Å²) in [6, 6.07) is 21.0. The van der Waals surface area contributed by atoms with Crippen molar-refractivity contribution in [1.29, 1.82) is 0 Å². The molecule has 0 radical (unpaired) electrons. The van der Waals surface area contributed by atoms with Crippen molar-refractivity contribution in [1.82, 2.24) is 0 Å². The zero-order valence-corrected chi connectivity index (χ0v) is 16.2. The molecule has 0 aliphatic carbocycles. The highest BCUT2D eigenvalue weighted by Crippen LogP contribution is 2.27. The molecule has 0 aliphatic heterocycles. The second-order valence-electron chi connectivity index (χ2n) is 6.27. The van der Waals surface area contributed by atoms with Crippen molar-refractivity contribution in [3.05, 3.63) is 83.4 Å². The molecule has 5 heteroatoms. The number of hydrogen-bond donors (Lipinski definition) is 1. The van der Waals surface area contributed by atoms with E-state index in [9.17, 15) is 4.79 Å². The fraction of sp³-hybridized carbons (Fsp3) is 0.174. The number of anilines is 1. The Morgan fingerprint density at radius 2 is 1.71 bits per heavy atom. The van der Waals surface area contributed by atoms with Crippen LogP contribution < -0.4 is 14.8 Å². The summed E-state index contributed by atoms with van der Waals surface area (Å²) in [5.41, 5.74) is 3.41. The number of benzene rings is 3. The van der Waals surface area contributed by atoms with Gasteiger partial charge >= 0.3 is 5.97 Å². The standard InChI is InChI=1S/C23H23NO4/c1-16-9-11-19(28-18-7-5-4-6-8-18)14-21(16)24-15-17-10-12-22(26-2)20(13-17)23(25)27-3/h4-14,24H,15H2,1-3H3. The zero-order chi connectivity index (χ0) is 19.9. The molecule has 0 bridgehead atoms. The molecule has 0 aliphatic rings. The highest BCUT2D eigenvalue weighted by atomic mass is 16.5.